The van der Waals surface area contributed by atoms with Gasteiger partial charge in [0.25, 0.3) is 0 Å². The molecule has 0 amide bonds. The molecule has 4 unspecified atom stereocenters. The van der Waals surface area contributed by atoms with Gasteiger partial charge < -0.3 is 0 Å². The molecule has 9 heteroatoms. The third-order valence-corrected chi connectivity index (χ3v) is 141. The maximum atomic E-state index is 12.2. The standard InChI is InChI=1S/2C47H32O2Si.2ClH.Hf/c2*1-50(46-36-22-12-20-34(30-14-4-2-5-15-30)38(36)28-40(46)44-26-32-18-8-10-24-42(32)48-44)47-37-23-13-21-35(31-16-6-3-7-17-31)39(37)29-41(47)45-27-33-19-9-11-25-43(33)49-45;;;/h2*2-29,50H,1H3;2*1H;/q;;;;+2/p-2. The Labute approximate surface area is 604 Å². The van der Waals surface area contributed by atoms with E-state index in [2.05, 4.69) is 353 Å². The van der Waals surface area contributed by atoms with Gasteiger partial charge in [0.1, 0.15) is 0 Å². The molecule has 0 saturated carbocycles. The van der Waals surface area contributed by atoms with Crippen molar-refractivity contribution in [3.63, 3.8) is 0 Å². The molecule has 2 saturated heterocycles. The van der Waals surface area contributed by atoms with Crippen LogP contribution in [0.1, 0.15) is 67.5 Å². The molecule has 16 aromatic rings. The summed E-state index contributed by atoms with van der Waals surface area (Å²) in [5.74, 6) is 3.04. The first-order valence-corrected chi connectivity index (χ1v) is 56.6. The van der Waals surface area contributed by atoms with Gasteiger partial charge >= 0.3 is 609 Å². The fraction of sp³-hybridized carbons (Fsp3) is 0.0638. The van der Waals surface area contributed by atoms with Gasteiger partial charge in [0.15, 0.2) is 0 Å². The van der Waals surface area contributed by atoms with Gasteiger partial charge in [-0.3, -0.25) is 0 Å². The number of benzene rings is 12. The van der Waals surface area contributed by atoms with Crippen LogP contribution in [0.2, 0.25) is 13.1 Å². The number of furan rings is 4. The molecule has 0 radical (unpaired) electrons. The molecule has 490 valence electrons. The summed E-state index contributed by atoms with van der Waals surface area (Å²) in [6.07, 6.45) is 10.1. The topological polar surface area (TPSA) is 52.6 Å². The number of halogens is 2. The minimum atomic E-state index is -8.99. The first-order chi connectivity index (χ1) is 50.5. The van der Waals surface area contributed by atoms with Crippen LogP contribution in [-0.2, 0) is 25.8 Å². The van der Waals surface area contributed by atoms with Crippen LogP contribution in [0.4, 0.5) is 0 Å². The molecule has 6 heterocycles. The van der Waals surface area contributed by atoms with E-state index in [4.69, 9.17) is 17.7 Å². The van der Waals surface area contributed by atoms with Crippen LogP contribution in [0.5, 0.6) is 0 Å². The summed E-state index contributed by atoms with van der Waals surface area (Å²) in [6, 6.07) is 115. The Balaban J connectivity index is 1.05. The van der Waals surface area contributed by atoms with Gasteiger partial charge in [-0.1, -0.05) is 0 Å². The number of hydrogen-bond acceptors (Lipinski definition) is 4. The van der Waals surface area contributed by atoms with Crippen molar-refractivity contribution < 1.29 is 32.3 Å². The van der Waals surface area contributed by atoms with Crippen LogP contribution in [0.25, 0.3) is 135 Å². The molecule has 2 fully saturated rings. The summed E-state index contributed by atoms with van der Waals surface area (Å²) in [5.41, 5.74) is 25.1. The normalized spacial score (nSPS) is 23.7. The molecule has 12 aromatic carbocycles. The van der Waals surface area contributed by atoms with Crippen LogP contribution in [0, 0.1) is 0 Å². The van der Waals surface area contributed by atoms with Crippen molar-refractivity contribution in [2.24, 2.45) is 0 Å². The molecule has 4 nitrogen and oxygen atoms in total. The minimum absolute atomic E-state index is 0.759. The van der Waals surface area contributed by atoms with Crippen molar-refractivity contribution in [1.82, 2.24) is 0 Å². The monoisotopic (exact) mass is 1560 g/mol. The number of fused-ring (bicyclic) bond motifs is 16. The Morgan fingerprint density at radius 1 is 0.252 bits per heavy atom. The van der Waals surface area contributed by atoms with Gasteiger partial charge in [-0.25, -0.2) is 0 Å². The zero-order valence-electron chi connectivity index (χ0n) is 56.4. The van der Waals surface area contributed by atoms with Gasteiger partial charge in [0, 0.05) is 0 Å². The second kappa shape index (κ2) is 20.7. The SMILES string of the molecule is C[SiH]1[C]2(C(c3cc4ccccc4o3)=Cc3c(-c4ccccc4)cccc32)[Hf]2([Cl])([Cl])([C]13C(c1cc4ccccc4o1)=Cc1c(-c4ccccc4)cccc13)[C]1(C(c3cc4ccccc4o3)=Cc3c(-c4ccccc4)cccc31)[SiH](C)[C]21C(c2cc3ccccc3o2)=Cc2c(-c3ccccc3)cccc21. The Hall–Kier alpha value is -10.4. The molecule has 4 atom stereocenters. The van der Waals surface area contributed by atoms with Crippen molar-refractivity contribution in [3.8, 4) is 44.5 Å². The van der Waals surface area contributed by atoms with Crippen molar-refractivity contribution in [3.05, 3.63) is 383 Å². The zero-order chi connectivity index (χ0) is 68.5. The Morgan fingerprint density at radius 2 is 0.466 bits per heavy atom. The van der Waals surface area contributed by atoms with Gasteiger partial charge in [-0.2, -0.15) is 0 Å². The average Bonchev–Trinajstić information content (AvgIpc) is 1.52. The number of hydrogen-bond donors (Lipinski definition) is 0. The molecule has 2 aliphatic heterocycles. The fourth-order valence-electron chi connectivity index (χ4n) is 23.5. The third-order valence-electron chi connectivity index (χ3n) is 26.2. The van der Waals surface area contributed by atoms with Crippen molar-refractivity contribution in [1.29, 1.82) is 0 Å². The van der Waals surface area contributed by atoms with Crippen LogP contribution < -0.4 is 0 Å². The molecular weight excluding hydrogens is 1500 g/mol. The predicted octanol–water partition coefficient (Wildman–Crippen LogP) is 24.9. The van der Waals surface area contributed by atoms with E-state index in [-0.39, 0.29) is 0 Å². The molecule has 4 aromatic heterocycles. The number of rotatable bonds is 8. The first-order valence-electron chi connectivity index (χ1n) is 35.9. The molecule has 0 bridgehead atoms. The van der Waals surface area contributed by atoms with Gasteiger partial charge in [0.05, 0.1) is 0 Å². The Morgan fingerprint density at radius 3 is 0.689 bits per heavy atom. The summed E-state index contributed by atoms with van der Waals surface area (Å²) in [4.78, 5) is 0. The molecular formula is C94H64Cl2HfO4Si2. The second-order valence-corrected chi connectivity index (χ2v) is 84.0. The van der Waals surface area contributed by atoms with Gasteiger partial charge in [-0.05, 0) is 0 Å². The third kappa shape index (κ3) is 6.62. The van der Waals surface area contributed by atoms with Gasteiger partial charge in [0.2, 0.25) is 0 Å². The summed E-state index contributed by atoms with van der Waals surface area (Å²) in [6.45, 7) is 5.34. The van der Waals surface area contributed by atoms with Crippen molar-refractivity contribution in [2.75, 3.05) is 0 Å². The van der Waals surface area contributed by atoms with Crippen molar-refractivity contribution in [2.45, 2.75) is 24.3 Å². The van der Waals surface area contributed by atoms with E-state index < -0.39 is 43.4 Å². The van der Waals surface area contributed by atoms with E-state index in [0.717, 1.165) is 178 Å². The van der Waals surface area contributed by atoms with Crippen molar-refractivity contribution >= 4 is 125 Å². The summed E-state index contributed by atoms with van der Waals surface area (Å²) in [5, 5.41) is 3.99. The zero-order valence-corrected chi connectivity index (χ0v) is 63.8. The number of allylic oxidation sites excluding steroid dienone is 4. The van der Waals surface area contributed by atoms with E-state index in [1.54, 1.807) is 0 Å². The van der Waals surface area contributed by atoms with Crippen LogP contribution in [-0.4, -0.2) is 17.6 Å². The molecule has 0 N–H and O–H groups in total. The first kappa shape index (κ1) is 60.2. The average molecular weight is 1560 g/mol. The molecule has 103 heavy (non-hydrogen) atoms. The van der Waals surface area contributed by atoms with Crippen LogP contribution in [0.15, 0.2) is 333 Å². The number of para-hydroxylation sites is 4. The van der Waals surface area contributed by atoms with E-state index in [0.29, 0.717) is 0 Å². The molecule has 6 aliphatic rings. The maximum absolute atomic E-state index is 12.2. The van der Waals surface area contributed by atoms with E-state index in [9.17, 15) is 17.2 Å². The summed E-state index contributed by atoms with van der Waals surface area (Å²) >= 11 is -8.99. The van der Waals surface area contributed by atoms with Crippen LogP contribution >= 0.6 is 17.2 Å². The quantitative estimate of drug-likeness (QED) is 0.142. The molecule has 5 spiro atoms. The summed E-state index contributed by atoms with van der Waals surface area (Å²) in [7, 11) is 18.0. The Kier molecular flexibility index (Phi) is 12.1. The molecule has 22 rings (SSSR count). The predicted molar refractivity (Wildman–Crippen MR) is 428 cm³/mol. The van der Waals surface area contributed by atoms with E-state index >= 15 is 0 Å². The van der Waals surface area contributed by atoms with E-state index in [1.165, 1.54) is 0 Å². The fourth-order valence-corrected chi connectivity index (χ4v) is 189. The summed E-state index contributed by atoms with van der Waals surface area (Å²) < 4.78 is 26.3. The van der Waals surface area contributed by atoms with Gasteiger partial charge in [-0.15, -0.1) is 0 Å². The Bertz CT molecular complexity index is 5610. The van der Waals surface area contributed by atoms with Crippen LogP contribution in [0.3, 0.4) is 0 Å². The van der Waals surface area contributed by atoms with E-state index in [1.807, 2.05) is 0 Å². The molecule has 4 aliphatic carbocycles. The second-order valence-electron chi connectivity index (χ2n) is 29.6.